The largest absolute Gasteiger partial charge is 0.506 e. The molecule has 4 heteroatoms. The third-order valence-corrected chi connectivity index (χ3v) is 2.39. The van der Waals surface area contributed by atoms with Crippen molar-refractivity contribution >= 4 is 0 Å². The first-order valence-corrected chi connectivity index (χ1v) is 5.71. The van der Waals surface area contributed by atoms with E-state index in [1.165, 1.54) is 0 Å². The number of nitrogens with zero attached hydrogens (tertiary/aromatic N) is 1. The Bertz CT molecular complexity index is 316. The van der Waals surface area contributed by atoms with Crippen LogP contribution in [0.1, 0.15) is 30.7 Å². The Morgan fingerprint density at radius 2 is 2.06 bits per heavy atom. The van der Waals surface area contributed by atoms with Gasteiger partial charge in [0.1, 0.15) is 5.75 Å². The predicted octanol–water partition coefficient (Wildman–Crippen LogP) is 1.35. The van der Waals surface area contributed by atoms with E-state index in [-0.39, 0.29) is 12.4 Å². The summed E-state index contributed by atoms with van der Waals surface area (Å²) in [7, 11) is 0. The van der Waals surface area contributed by atoms with Crippen molar-refractivity contribution in [1.29, 1.82) is 0 Å². The van der Waals surface area contributed by atoms with Gasteiger partial charge in [-0.3, -0.25) is 4.98 Å². The van der Waals surface area contributed by atoms with Gasteiger partial charge in [-0.15, -0.1) is 0 Å². The minimum absolute atomic E-state index is 0.244. The second kappa shape index (κ2) is 7.19. The molecule has 16 heavy (non-hydrogen) atoms. The van der Waals surface area contributed by atoms with E-state index in [0.717, 1.165) is 31.5 Å². The Morgan fingerprint density at radius 3 is 2.81 bits per heavy atom. The highest BCUT2D eigenvalue weighted by atomic mass is 16.3. The monoisotopic (exact) mass is 224 g/mol. The first kappa shape index (κ1) is 12.9. The molecule has 0 saturated carbocycles. The summed E-state index contributed by atoms with van der Waals surface area (Å²) in [5.74, 6) is 0.244. The topological polar surface area (TPSA) is 65.4 Å². The van der Waals surface area contributed by atoms with E-state index in [0.29, 0.717) is 12.2 Å². The molecule has 0 fully saturated rings. The van der Waals surface area contributed by atoms with Gasteiger partial charge in [0.25, 0.3) is 0 Å². The van der Waals surface area contributed by atoms with Crippen LogP contribution < -0.4 is 5.32 Å². The zero-order chi connectivity index (χ0) is 11.8. The first-order chi connectivity index (χ1) is 7.74. The van der Waals surface area contributed by atoms with E-state index in [4.69, 9.17) is 5.11 Å². The fraction of sp³-hybridized carbons (Fsp3) is 0.583. The van der Waals surface area contributed by atoms with Crippen molar-refractivity contribution in [2.45, 2.75) is 32.7 Å². The molecule has 1 aromatic rings. The quantitative estimate of drug-likeness (QED) is 0.612. The molecule has 0 bridgehead atoms. The van der Waals surface area contributed by atoms with Crippen LogP contribution in [0, 0.1) is 6.92 Å². The van der Waals surface area contributed by atoms with Crippen LogP contribution in [0.2, 0.25) is 0 Å². The number of rotatable bonds is 7. The fourth-order valence-corrected chi connectivity index (χ4v) is 1.48. The Balaban J connectivity index is 2.23. The van der Waals surface area contributed by atoms with E-state index in [1.807, 2.05) is 6.92 Å². The molecule has 0 saturated heterocycles. The second-order valence-electron chi connectivity index (χ2n) is 3.88. The summed E-state index contributed by atoms with van der Waals surface area (Å²) >= 11 is 0. The summed E-state index contributed by atoms with van der Waals surface area (Å²) < 4.78 is 0. The molecule has 1 aromatic heterocycles. The smallest absolute Gasteiger partial charge is 0.138 e. The molecule has 0 aliphatic rings. The molecule has 0 spiro atoms. The number of pyridine rings is 1. The SMILES string of the molecule is Cc1ccc(O)c(CNCCCCCO)n1. The van der Waals surface area contributed by atoms with Gasteiger partial charge in [-0.05, 0) is 44.9 Å². The fourth-order valence-electron chi connectivity index (χ4n) is 1.48. The van der Waals surface area contributed by atoms with Crippen molar-refractivity contribution in [2.75, 3.05) is 13.2 Å². The molecular formula is C12H20N2O2. The van der Waals surface area contributed by atoms with Gasteiger partial charge in [-0.25, -0.2) is 0 Å². The Hall–Kier alpha value is -1.13. The molecule has 0 atom stereocenters. The van der Waals surface area contributed by atoms with Crippen LogP contribution in [0.5, 0.6) is 5.75 Å². The predicted molar refractivity (Wildman–Crippen MR) is 63.3 cm³/mol. The van der Waals surface area contributed by atoms with E-state index in [2.05, 4.69) is 10.3 Å². The second-order valence-corrected chi connectivity index (χ2v) is 3.88. The minimum atomic E-state index is 0.244. The maximum Gasteiger partial charge on any atom is 0.138 e. The van der Waals surface area contributed by atoms with Crippen molar-refractivity contribution in [1.82, 2.24) is 10.3 Å². The van der Waals surface area contributed by atoms with Gasteiger partial charge in [0.2, 0.25) is 0 Å². The maximum atomic E-state index is 9.54. The van der Waals surface area contributed by atoms with Crippen LogP contribution in [0.3, 0.4) is 0 Å². The number of nitrogens with one attached hydrogen (secondary N) is 1. The highest BCUT2D eigenvalue weighted by molar-refractivity contribution is 5.27. The van der Waals surface area contributed by atoms with Crippen molar-refractivity contribution in [3.63, 3.8) is 0 Å². The summed E-state index contributed by atoms with van der Waals surface area (Å²) in [6, 6.07) is 3.46. The molecule has 0 aliphatic heterocycles. The number of aromatic nitrogens is 1. The van der Waals surface area contributed by atoms with Gasteiger partial charge in [0.15, 0.2) is 0 Å². The van der Waals surface area contributed by atoms with Crippen LogP contribution in [0.15, 0.2) is 12.1 Å². The highest BCUT2D eigenvalue weighted by Crippen LogP contribution is 2.13. The number of hydrogen-bond donors (Lipinski definition) is 3. The molecule has 3 N–H and O–H groups in total. The Labute approximate surface area is 96.3 Å². The first-order valence-electron chi connectivity index (χ1n) is 5.71. The summed E-state index contributed by atoms with van der Waals surface area (Å²) in [6.45, 7) is 3.64. The van der Waals surface area contributed by atoms with Crippen LogP contribution in [-0.2, 0) is 6.54 Å². The van der Waals surface area contributed by atoms with Gasteiger partial charge < -0.3 is 15.5 Å². The van der Waals surface area contributed by atoms with E-state index in [1.54, 1.807) is 12.1 Å². The van der Waals surface area contributed by atoms with Crippen molar-refractivity contribution in [3.8, 4) is 5.75 Å². The maximum absolute atomic E-state index is 9.54. The lowest BCUT2D eigenvalue weighted by molar-refractivity contribution is 0.283. The molecule has 4 nitrogen and oxygen atoms in total. The third kappa shape index (κ3) is 4.59. The van der Waals surface area contributed by atoms with Crippen LogP contribution in [-0.4, -0.2) is 28.3 Å². The Kier molecular flexibility index (Phi) is 5.82. The van der Waals surface area contributed by atoms with Gasteiger partial charge >= 0.3 is 0 Å². The number of aliphatic hydroxyl groups excluding tert-OH is 1. The average molecular weight is 224 g/mol. The summed E-state index contributed by atoms with van der Waals surface area (Å²) in [5, 5.41) is 21.4. The van der Waals surface area contributed by atoms with Crippen molar-refractivity contribution < 1.29 is 10.2 Å². The van der Waals surface area contributed by atoms with Crippen molar-refractivity contribution in [2.24, 2.45) is 0 Å². The normalized spacial score (nSPS) is 10.6. The lowest BCUT2D eigenvalue weighted by Gasteiger charge is -2.06. The van der Waals surface area contributed by atoms with E-state index >= 15 is 0 Å². The van der Waals surface area contributed by atoms with Crippen molar-refractivity contribution in [3.05, 3.63) is 23.5 Å². The minimum Gasteiger partial charge on any atom is -0.506 e. The van der Waals surface area contributed by atoms with Crippen LogP contribution in [0.4, 0.5) is 0 Å². The highest BCUT2D eigenvalue weighted by Gasteiger charge is 2.01. The van der Waals surface area contributed by atoms with Crippen LogP contribution >= 0.6 is 0 Å². The third-order valence-electron chi connectivity index (χ3n) is 2.39. The molecule has 0 radical (unpaired) electrons. The number of aliphatic hydroxyl groups is 1. The summed E-state index contributed by atoms with van der Waals surface area (Å²) in [5.41, 5.74) is 1.61. The molecule has 0 aromatic carbocycles. The number of aromatic hydroxyl groups is 1. The zero-order valence-corrected chi connectivity index (χ0v) is 9.74. The average Bonchev–Trinajstić information content (AvgIpc) is 2.28. The molecule has 0 unspecified atom stereocenters. The molecule has 0 amide bonds. The molecule has 1 heterocycles. The lowest BCUT2D eigenvalue weighted by Crippen LogP contribution is -2.16. The number of aryl methyl sites for hydroxylation is 1. The van der Waals surface area contributed by atoms with E-state index in [9.17, 15) is 5.11 Å². The molecule has 1 rings (SSSR count). The van der Waals surface area contributed by atoms with Gasteiger partial charge in [-0.1, -0.05) is 0 Å². The molecule has 90 valence electrons. The summed E-state index contributed by atoms with van der Waals surface area (Å²) in [6.07, 6.45) is 2.92. The standard InChI is InChI=1S/C12H20N2O2/c1-10-5-6-12(16)11(14-10)9-13-7-3-2-4-8-15/h5-6,13,15-16H,2-4,7-9H2,1H3. The van der Waals surface area contributed by atoms with Crippen LogP contribution in [0.25, 0.3) is 0 Å². The van der Waals surface area contributed by atoms with Gasteiger partial charge in [0.05, 0.1) is 5.69 Å². The van der Waals surface area contributed by atoms with E-state index < -0.39 is 0 Å². The Morgan fingerprint density at radius 1 is 1.25 bits per heavy atom. The summed E-state index contributed by atoms with van der Waals surface area (Å²) in [4.78, 5) is 4.25. The van der Waals surface area contributed by atoms with Gasteiger partial charge in [0, 0.05) is 18.8 Å². The lowest BCUT2D eigenvalue weighted by atomic mass is 10.2. The zero-order valence-electron chi connectivity index (χ0n) is 9.74. The molecule has 0 aliphatic carbocycles. The van der Waals surface area contributed by atoms with Gasteiger partial charge in [-0.2, -0.15) is 0 Å². The molecular weight excluding hydrogens is 204 g/mol. The number of hydrogen-bond acceptors (Lipinski definition) is 4. The number of unbranched alkanes of at least 4 members (excludes halogenated alkanes) is 2.